The minimum Gasteiger partial charge on any atom is -0.456 e. The van der Waals surface area contributed by atoms with E-state index >= 15 is 0 Å². The van der Waals surface area contributed by atoms with E-state index in [2.05, 4.69) is 187 Å². The average molecular weight is 810 g/mol. The monoisotopic (exact) mass is 809 g/mol. The van der Waals surface area contributed by atoms with E-state index in [1.807, 2.05) is 36.2 Å². The van der Waals surface area contributed by atoms with Crippen LogP contribution in [-0.4, -0.2) is 15.0 Å². The maximum atomic E-state index is 6.62. The highest BCUT2D eigenvalue weighted by atomic mass is 32.2. The van der Waals surface area contributed by atoms with Crippen LogP contribution in [0.3, 0.4) is 0 Å². The summed E-state index contributed by atoms with van der Waals surface area (Å²) in [6.07, 6.45) is 3.68. The third kappa shape index (κ3) is 6.30. The molecule has 8 aromatic carbocycles. The summed E-state index contributed by atoms with van der Waals surface area (Å²) >= 11 is 1.81. The first-order valence-electron chi connectivity index (χ1n) is 20.7. The number of pyridine rings is 1. The first-order valence-corrected chi connectivity index (χ1v) is 21.5. The molecule has 0 saturated heterocycles. The van der Waals surface area contributed by atoms with Gasteiger partial charge in [0.15, 0.2) is 5.82 Å². The van der Waals surface area contributed by atoms with Crippen LogP contribution in [-0.2, 0) is 0 Å². The molecule has 3 aromatic heterocycles. The van der Waals surface area contributed by atoms with Crippen molar-refractivity contribution in [3.8, 4) is 89.5 Å². The minimum atomic E-state index is 0.661. The van der Waals surface area contributed by atoms with Gasteiger partial charge in [-0.1, -0.05) is 169 Å². The van der Waals surface area contributed by atoms with Crippen LogP contribution in [0.15, 0.2) is 227 Å². The lowest BCUT2D eigenvalue weighted by atomic mass is 9.85. The molecule has 4 heterocycles. The number of rotatable bonds is 4. The standard InChI is InChI=1S/C57H35N3OS/c1-2-13-37(14-3-1)51-34-52(60-57(59-51)38-26-24-36(25-27-38)40-15-12-30-58-35-40)39-28-29-45-43-18-5-4-16-41(43)42-17-6-7-19-44(42)47-21-9-11-23-55(47)62-56-33-49-46-20-8-10-22-53(46)61-54(49)32-50(56)48(45)31-39/h1-35H. The van der Waals surface area contributed by atoms with Crippen molar-refractivity contribution in [1.82, 2.24) is 15.0 Å². The van der Waals surface area contributed by atoms with Crippen LogP contribution in [0.4, 0.5) is 0 Å². The summed E-state index contributed by atoms with van der Waals surface area (Å²) < 4.78 is 6.62. The summed E-state index contributed by atoms with van der Waals surface area (Å²) in [4.78, 5) is 17.2. The van der Waals surface area contributed by atoms with Crippen molar-refractivity contribution in [2.45, 2.75) is 9.79 Å². The predicted octanol–water partition coefficient (Wildman–Crippen LogP) is 15.6. The number of para-hydroxylation sites is 1. The Morgan fingerprint density at radius 2 is 0.935 bits per heavy atom. The lowest BCUT2D eigenvalue weighted by molar-refractivity contribution is 0.669. The van der Waals surface area contributed by atoms with Gasteiger partial charge in [0.05, 0.1) is 11.4 Å². The molecule has 290 valence electrons. The number of hydrogen-bond acceptors (Lipinski definition) is 5. The molecule has 0 amide bonds. The number of fused-ring (bicyclic) bond motifs is 12. The van der Waals surface area contributed by atoms with Crippen LogP contribution < -0.4 is 0 Å². The quantitative estimate of drug-likeness (QED) is 0.177. The molecule has 0 radical (unpaired) electrons. The van der Waals surface area contributed by atoms with Gasteiger partial charge in [-0.2, -0.15) is 0 Å². The molecule has 5 heteroatoms. The van der Waals surface area contributed by atoms with Crippen molar-refractivity contribution in [2.24, 2.45) is 0 Å². The lowest BCUT2D eigenvalue weighted by Crippen LogP contribution is -1.97. The van der Waals surface area contributed by atoms with Gasteiger partial charge in [-0.3, -0.25) is 4.98 Å². The van der Waals surface area contributed by atoms with E-state index < -0.39 is 0 Å². The molecule has 1 aliphatic rings. The normalized spacial score (nSPS) is 11.8. The van der Waals surface area contributed by atoms with Crippen molar-refractivity contribution < 1.29 is 4.42 Å². The number of hydrogen-bond donors (Lipinski definition) is 0. The Balaban J connectivity index is 1.12. The molecule has 0 fully saturated rings. The number of benzene rings is 8. The summed E-state index contributed by atoms with van der Waals surface area (Å²) in [6, 6.07) is 71.1. The Hall–Kier alpha value is -7.86. The van der Waals surface area contributed by atoms with Crippen LogP contribution >= 0.6 is 11.8 Å². The van der Waals surface area contributed by atoms with Gasteiger partial charge in [0.25, 0.3) is 0 Å². The van der Waals surface area contributed by atoms with E-state index in [0.29, 0.717) is 5.82 Å². The molecular weight excluding hydrogens is 775 g/mol. The second-order valence-electron chi connectivity index (χ2n) is 15.5. The zero-order valence-electron chi connectivity index (χ0n) is 33.4. The SMILES string of the molecule is c1ccc(-c2cc(-c3ccc4c(c3)-c3cc5oc6ccccc6c5cc3Sc3ccccc3-c3ccccc3-c3ccccc3-4)nc(-c3ccc(-c4cccnc4)cc3)n2)cc1. The zero-order valence-corrected chi connectivity index (χ0v) is 34.2. The fourth-order valence-corrected chi connectivity index (χ4v) is 9.96. The first kappa shape index (κ1) is 36.0. The van der Waals surface area contributed by atoms with Crippen LogP contribution in [0.5, 0.6) is 0 Å². The van der Waals surface area contributed by atoms with Crippen molar-refractivity contribution in [3.63, 3.8) is 0 Å². The van der Waals surface area contributed by atoms with Crippen molar-refractivity contribution >= 4 is 33.7 Å². The highest BCUT2D eigenvalue weighted by Gasteiger charge is 2.24. The van der Waals surface area contributed by atoms with Crippen LogP contribution in [0.25, 0.3) is 111 Å². The Morgan fingerprint density at radius 1 is 0.339 bits per heavy atom. The largest absolute Gasteiger partial charge is 0.456 e. The molecule has 62 heavy (non-hydrogen) atoms. The molecule has 0 unspecified atom stereocenters. The Morgan fingerprint density at radius 3 is 1.68 bits per heavy atom. The summed E-state index contributed by atoms with van der Waals surface area (Å²) in [6.45, 7) is 0. The molecule has 12 rings (SSSR count). The maximum Gasteiger partial charge on any atom is 0.160 e. The Bertz CT molecular complexity index is 3490. The van der Waals surface area contributed by atoms with Gasteiger partial charge >= 0.3 is 0 Å². The van der Waals surface area contributed by atoms with E-state index in [9.17, 15) is 0 Å². The van der Waals surface area contributed by atoms with Crippen LogP contribution in [0, 0.1) is 0 Å². The maximum absolute atomic E-state index is 6.62. The Labute approximate surface area is 363 Å². The fraction of sp³-hybridized carbons (Fsp3) is 0. The number of aromatic nitrogens is 3. The highest BCUT2D eigenvalue weighted by molar-refractivity contribution is 7.99. The van der Waals surface area contributed by atoms with E-state index in [0.717, 1.165) is 88.3 Å². The molecule has 0 bridgehead atoms. The van der Waals surface area contributed by atoms with Gasteiger partial charge in [-0.05, 0) is 98.1 Å². The molecule has 0 N–H and O–H groups in total. The topological polar surface area (TPSA) is 51.8 Å². The second-order valence-corrected chi connectivity index (χ2v) is 16.6. The van der Waals surface area contributed by atoms with Crippen molar-refractivity contribution in [2.75, 3.05) is 0 Å². The van der Waals surface area contributed by atoms with E-state index in [-0.39, 0.29) is 0 Å². The first-order chi connectivity index (χ1) is 30.7. The van der Waals surface area contributed by atoms with Gasteiger partial charge in [0, 0.05) is 49.6 Å². The van der Waals surface area contributed by atoms with E-state index in [4.69, 9.17) is 14.4 Å². The zero-order chi connectivity index (χ0) is 41.0. The predicted molar refractivity (Wildman–Crippen MR) is 255 cm³/mol. The van der Waals surface area contributed by atoms with Gasteiger partial charge in [0.2, 0.25) is 0 Å². The third-order valence-electron chi connectivity index (χ3n) is 11.8. The molecule has 0 spiro atoms. The fourth-order valence-electron chi connectivity index (χ4n) is 8.84. The van der Waals surface area contributed by atoms with Gasteiger partial charge in [-0.25, -0.2) is 9.97 Å². The molecule has 0 saturated carbocycles. The molecule has 4 nitrogen and oxygen atoms in total. The molecule has 0 atom stereocenters. The molecule has 1 aliphatic heterocycles. The smallest absolute Gasteiger partial charge is 0.160 e. The number of furan rings is 1. The summed E-state index contributed by atoms with van der Waals surface area (Å²) in [7, 11) is 0. The van der Waals surface area contributed by atoms with Crippen LogP contribution in [0.2, 0.25) is 0 Å². The van der Waals surface area contributed by atoms with Gasteiger partial charge in [0.1, 0.15) is 11.2 Å². The lowest BCUT2D eigenvalue weighted by Gasteiger charge is -2.18. The Kier molecular flexibility index (Phi) is 8.72. The third-order valence-corrected chi connectivity index (χ3v) is 13.0. The summed E-state index contributed by atoms with van der Waals surface area (Å²) in [5.74, 6) is 0.661. The van der Waals surface area contributed by atoms with Gasteiger partial charge in [-0.15, -0.1) is 0 Å². The molecular formula is C57H35N3OS. The van der Waals surface area contributed by atoms with Crippen molar-refractivity contribution in [3.05, 3.63) is 213 Å². The number of nitrogens with zero attached hydrogens (tertiary/aromatic N) is 3. The van der Waals surface area contributed by atoms with E-state index in [1.165, 1.54) is 27.1 Å². The van der Waals surface area contributed by atoms with Gasteiger partial charge < -0.3 is 4.42 Å². The summed E-state index contributed by atoms with van der Waals surface area (Å²) in [5, 5.41) is 2.20. The molecule has 0 aliphatic carbocycles. The highest BCUT2D eigenvalue weighted by Crippen LogP contribution is 2.50. The second kappa shape index (κ2) is 15.0. The summed E-state index contributed by atoms with van der Waals surface area (Å²) in [5.41, 5.74) is 17.8. The van der Waals surface area contributed by atoms with E-state index in [1.54, 1.807) is 6.20 Å². The van der Waals surface area contributed by atoms with Crippen LogP contribution in [0.1, 0.15) is 0 Å². The molecule has 11 aromatic rings. The van der Waals surface area contributed by atoms with Crippen molar-refractivity contribution in [1.29, 1.82) is 0 Å². The minimum absolute atomic E-state index is 0.661. The average Bonchev–Trinajstić information content (AvgIpc) is 3.71.